The van der Waals surface area contributed by atoms with E-state index in [4.69, 9.17) is 9.26 Å². The number of rotatable bonds is 10. The molecular formula is C22H33N5O3. The number of nitrogens with zero attached hydrogens (tertiary/aromatic N) is 4. The molecule has 0 spiro atoms. The van der Waals surface area contributed by atoms with Crippen molar-refractivity contribution in [1.29, 1.82) is 0 Å². The number of hydrogen-bond acceptors (Lipinski definition) is 7. The number of methoxy groups -OCH3 is 1. The van der Waals surface area contributed by atoms with Crippen LogP contribution in [0, 0.1) is 5.92 Å². The van der Waals surface area contributed by atoms with E-state index in [9.17, 15) is 4.79 Å². The average Bonchev–Trinajstić information content (AvgIpc) is 3.29. The van der Waals surface area contributed by atoms with Gasteiger partial charge in [0.15, 0.2) is 0 Å². The summed E-state index contributed by atoms with van der Waals surface area (Å²) < 4.78 is 10.7. The van der Waals surface area contributed by atoms with E-state index in [1.807, 2.05) is 29.2 Å². The molecule has 1 atom stereocenters. The number of piperidine rings is 1. The van der Waals surface area contributed by atoms with E-state index in [1.54, 1.807) is 7.11 Å². The lowest BCUT2D eigenvalue weighted by molar-refractivity contribution is -0.125. The molecule has 1 saturated heterocycles. The van der Waals surface area contributed by atoms with Crippen LogP contribution in [-0.2, 0) is 4.79 Å². The second-order valence-electron chi connectivity index (χ2n) is 7.59. The number of carbonyl (C=O) groups is 1. The normalized spacial score (nSPS) is 16.7. The van der Waals surface area contributed by atoms with Crippen LogP contribution in [0.5, 0.6) is 5.75 Å². The van der Waals surface area contributed by atoms with Gasteiger partial charge in [-0.05, 0) is 63.2 Å². The first-order valence-corrected chi connectivity index (χ1v) is 10.9. The van der Waals surface area contributed by atoms with Crippen molar-refractivity contribution in [3.05, 3.63) is 24.3 Å². The van der Waals surface area contributed by atoms with E-state index in [1.165, 1.54) is 0 Å². The topological polar surface area (TPSA) is 83.7 Å². The molecule has 1 fully saturated rings. The van der Waals surface area contributed by atoms with Crippen LogP contribution in [0.1, 0.15) is 33.1 Å². The zero-order valence-electron chi connectivity index (χ0n) is 18.3. The van der Waals surface area contributed by atoms with E-state index >= 15 is 0 Å². The number of aromatic nitrogens is 2. The third-order valence-corrected chi connectivity index (χ3v) is 5.67. The van der Waals surface area contributed by atoms with Crippen molar-refractivity contribution in [2.75, 3.05) is 51.3 Å². The zero-order chi connectivity index (χ0) is 21.3. The Hall–Kier alpha value is -2.61. The van der Waals surface area contributed by atoms with Crippen molar-refractivity contribution in [1.82, 2.24) is 20.4 Å². The highest BCUT2D eigenvalue weighted by atomic mass is 16.5. The van der Waals surface area contributed by atoms with Gasteiger partial charge >= 0.3 is 6.01 Å². The maximum atomic E-state index is 12.6. The highest BCUT2D eigenvalue weighted by Gasteiger charge is 2.28. The fourth-order valence-electron chi connectivity index (χ4n) is 3.76. The lowest BCUT2D eigenvalue weighted by Crippen LogP contribution is -2.43. The van der Waals surface area contributed by atoms with E-state index in [2.05, 4.69) is 34.2 Å². The zero-order valence-corrected chi connectivity index (χ0v) is 18.3. The summed E-state index contributed by atoms with van der Waals surface area (Å²) in [7, 11) is 1.63. The first-order valence-electron chi connectivity index (χ1n) is 10.9. The minimum Gasteiger partial charge on any atom is -0.497 e. The fraction of sp³-hybridized carbons (Fsp3) is 0.591. The maximum absolute atomic E-state index is 12.6. The van der Waals surface area contributed by atoms with Crippen LogP contribution in [0.4, 0.5) is 6.01 Å². The van der Waals surface area contributed by atoms with Gasteiger partial charge in [0.05, 0.1) is 13.0 Å². The Balaban J connectivity index is 1.52. The van der Waals surface area contributed by atoms with Gasteiger partial charge in [-0.2, -0.15) is 4.98 Å². The number of anilines is 1. The van der Waals surface area contributed by atoms with Crippen LogP contribution in [-0.4, -0.2) is 67.3 Å². The van der Waals surface area contributed by atoms with Crippen LogP contribution in [0.25, 0.3) is 11.4 Å². The van der Waals surface area contributed by atoms with Crippen LogP contribution in [0.2, 0.25) is 0 Å². The molecule has 30 heavy (non-hydrogen) atoms. The van der Waals surface area contributed by atoms with Gasteiger partial charge in [-0.25, -0.2) is 0 Å². The Bertz CT molecular complexity index is 788. The molecule has 1 aromatic carbocycles. The summed E-state index contributed by atoms with van der Waals surface area (Å²) in [6.45, 7) is 9.57. The maximum Gasteiger partial charge on any atom is 0.324 e. The van der Waals surface area contributed by atoms with Gasteiger partial charge in [0.1, 0.15) is 5.75 Å². The first-order chi connectivity index (χ1) is 14.6. The number of ether oxygens (including phenoxy) is 1. The Morgan fingerprint density at radius 3 is 2.77 bits per heavy atom. The van der Waals surface area contributed by atoms with Crippen LogP contribution < -0.4 is 15.0 Å². The molecule has 0 bridgehead atoms. The SMILES string of the molecule is CCN(CC)CCCNC(=O)[C@H]1CCCN(c2nc(-c3ccc(OC)cc3)no2)C1. The number of carbonyl (C=O) groups excluding carboxylic acids is 1. The molecule has 1 aromatic heterocycles. The largest absolute Gasteiger partial charge is 0.497 e. The number of nitrogens with one attached hydrogen (secondary N) is 1. The lowest BCUT2D eigenvalue weighted by Gasteiger charge is -2.30. The molecule has 0 radical (unpaired) electrons. The Kier molecular flexibility index (Phi) is 8.07. The second-order valence-corrected chi connectivity index (χ2v) is 7.59. The molecule has 0 saturated carbocycles. The molecule has 1 N–H and O–H groups in total. The van der Waals surface area contributed by atoms with Crippen LogP contribution >= 0.6 is 0 Å². The molecule has 2 heterocycles. The molecule has 0 aliphatic carbocycles. The Morgan fingerprint density at radius 2 is 2.07 bits per heavy atom. The van der Waals surface area contributed by atoms with E-state index in [0.29, 0.717) is 24.9 Å². The number of hydrogen-bond donors (Lipinski definition) is 1. The van der Waals surface area contributed by atoms with Crippen molar-refractivity contribution < 1.29 is 14.1 Å². The summed E-state index contributed by atoms with van der Waals surface area (Å²) in [4.78, 5) is 21.5. The monoisotopic (exact) mass is 415 g/mol. The summed E-state index contributed by atoms with van der Waals surface area (Å²) in [5, 5.41) is 7.21. The standard InChI is InChI=1S/C22H33N5O3/c1-4-26(5-2)14-7-13-23-21(28)18-8-6-15-27(16-18)22-24-20(25-30-22)17-9-11-19(29-3)12-10-17/h9-12,18H,4-8,13-16H2,1-3H3,(H,23,28)/t18-/m0/s1. The fourth-order valence-corrected chi connectivity index (χ4v) is 3.76. The lowest BCUT2D eigenvalue weighted by atomic mass is 9.97. The molecule has 8 heteroatoms. The predicted octanol–water partition coefficient (Wildman–Crippen LogP) is 2.81. The Morgan fingerprint density at radius 1 is 1.30 bits per heavy atom. The predicted molar refractivity (Wildman–Crippen MR) is 117 cm³/mol. The molecule has 0 unspecified atom stereocenters. The van der Waals surface area contributed by atoms with Gasteiger partial charge in [0.2, 0.25) is 11.7 Å². The molecular weight excluding hydrogens is 382 g/mol. The van der Waals surface area contributed by atoms with Crippen LogP contribution in [0.15, 0.2) is 28.8 Å². The smallest absolute Gasteiger partial charge is 0.324 e. The van der Waals surface area contributed by atoms with Gasteiger partial charge in [-0.1, -0.05) is 19.0 Å². The molecule has 1 amide bonds. The van der Waals surface area contributed by atoms with Crippen molar-refractivity contribution in [2.45, 2.75) is 33.1 Å². The Labute approximate surface area is 178 Å². The van der Waals surface area contributed by atoms with Gasteiger partial charge in [0, 0.05) is 25.2 Å². The van der Waals surface area contributed by atoms with Crippen LogP contribution in [0.3, 0.4) is 0 Å². The summed E-state index contributed by atoms with van der Waals surface area (Å²) >= 11 is 0. The minimum absolute atomic E-state index is 0.0523. The third-order valence-electron chi connectivity index (χ3n) is 5.67. The van der Waals surface area contributed by atoms with Gasteiger partial charge in [-0.15, -0.1) is 0 Å². The summed E-state index contributed by atoms with van der Waals surface area (Å²) in [5.74, 6) is 1.39. The highest BCUT2D eigenvalue weighted by molar-refractivity contribution is 5.79. The quantitative estimate of drug-likeness (QED) is 0.597. The molecule has 1 aliphatic heterocycles. The third kappa shape index (κ3) is 5.72. The van der Waals surface area contributed by atoms with E-state index < -0.39 is 0 Å². The van der Waals surface area contributed by atoms with E-state index in [0.717, 1.165) is 56.8 Å². The molecule has 8 nitrogen and oxygen atoms in total. The van der Waals surface area contributed by atoms with Crippen molar-refractivity contribution in [2.24, 2.45) is 5.92 Å². The first kappa shape index (κ1) is 22.1. The average molecular weight is 416 g/mol. The van der Waals surface area contributed by atoms with Gasteiger partial charge < -0.3 is 24.4 Å². The van der Waals surface area contributed by atoms with Crippen molar-refractivity contribution in [3.8, 4) is 17.1 Å². The second kappa shape index (κ2) is 11.0. The molecule has 3 rings (SSSR count). The minimum atomic E-state index is -0.0523. The van der Waals surface area contributed by atoms with Crippen molar-refractivity contribution in [3.63, 3.8) is 0 Å². The molecule has 2 aromatic rings. The van der Waals surface area contributed by atoms with Crippen molar-refractivity contribution >= 4 is 11.9 Å². The summed E-state index contributed by atoms with van der Waals surface area (Å²) in [6.07, 6.45) is 2.79. The van der Waals surface area contributed by atoms with E-state index in [-0.39, 0.29) is 11.8 Å². The summed E-state index contributed by atoms with van der Waals surface area (Å²) in [6, 6.07) is 8.01. The van der Waals surface area contributed by atoms with Gasteiger partial charge in [-0.3, -0.25) is 4.79 Å². The summed E-state index contributed by atoms with van der Waals surface area (Å²) in [5.41, 5.74) is 0.866. The highest BCUT2D eigenvalue weighted by Crippen LogP contribution is 2.25. The molecule has 1 aliphatic rings. The molecule has 164 valence electrons. The van der Waals surface area contributed by atoms with Gasteiger partial charge in [0.25, 0.3) is 0 Å². The number of benzene rings is 1. The number of amides is 1.